The van der Waals surface area contributed by atoms with Gasteiger partial charge in [0.25, 0.3) is 0 Å². The lowest BCUT2D eigenvalue weighted by Crippen LogP contribution is -2.39. The molecule has 0 saturated carbocycles. The third-order valence-electron chi connectivity index (χ3n) is 19.1. The normalized spacial score (nSPS) is 17.6. The Labute approximate surface area is 655 Å². The fourth-order valence-electron chi connectivity index (χ4n) is 12.9. The molecule has 8 aromatic rings. The maximum absolute atomic E-state index is 12.5. The van der Waals surface area contributed by atoms with Crippen LogP contribution in [0.25, 0.3) is 0 Å². The first kappa shape index (κ1) is 79.8. The van der Waals surface area contributed by atoms with Gasteiger partial charge in [0.05, 0.1) is 137 Å². The van der Waals surface area contributed by atoms with Crippen LogP contribution in [0.5, 0.6) is 28.9 Å². The third kappa shape index (κ3) is 23.9. The summed E-state index contributed by atoms with van der Waals surface area (Å²) in [5.41, 5.74) is 8.63. The molecule has 4 aromatic heterocycles. The molecule has 0 unspecified atom stereocenters. The number of hydrogen-bond donors (Lipinski definition) is 7. The molecule has 113 heavy (non-hydrogen) atoms. The van der Waals surface area contributed by atoms with Crippen molar-refractivity contribution in [3.8, 4) is 28.9 Å². The van der Waals surface area contributed by atoms with Crippen molar-refractivity contribution >= 4 is 82.7 Å². The predicted molar refractivity (Wildman–Crippen MR) is 429 cm³/mol. The van der Waals surface area contributed by atoms with E-state index in [0.29, 0.717) is 171 Å². The molecule has 600 valence electrons. The minimum absolute atomic E-state index is 0.00582. The van der Waals surface area contributed by atoms with Crippen molar-refractivity contribution in [1.82, 2.24) is 39.9 Å². The van der Waals surface area contributed by atoms with Crippen LogP contribution in [0, 0.1) is 0 Å². The van der Waals surface area contributed by atoms with E-state index in [9.17, 15) is 25.2 Å². The van der Waals surface area contributed by atoms with Crippen molar-refractivity contribution in [3.05, 3.63) is 144 Å². The van der Waals surface area contributed by atoms with E-state index < -0.39 is 0 Å². The van der Waals surface area contributed by atoms with Gasteiger partial charge in [0.2, 0.25) is 29.7 Å². The molecule has 16 rings (SSSR count). The van der Waals surface area contributed by atoms with E-state index >= 15 is 0 Å². The standard InChI is InChI=1S/C20H25N5O4.C20H26N4O4.C19H24N6O4.C19H24N6O2/c26-16-4-2-1-3-15(16)17(27)14-21-18-13-19(24-5-9-28-10-6-24)23-20(22-18)25-7-11-29-12-8-25;25-17-4-2-1-3-16(17)5-10-28-19-15-18(23-6-11-26-12-7-23)21-20(22-19)24-8-13-27-14-9-24;26-15-2-1-14(16(27)11-15)13-20-23-17-12-18(24-3-7-28-8-4-24)22-19(21-17)25-5-9-29-10-6-25;1-2-4-16(5-3-1)15-20-23-17-14-18(24-6-10-26-11-7-24)22-19(21-17)25-8-12-27-13-9-25/h1-4,13,26H,5-12,14H2,(H,21,22,23);1-4,15,25H,5-14H2;1-2,11-13,26-27H,3-10H2,(H,21,22,23);1-5,14-15H,6-13H2,(H,21,22,23)/b;;20-13+;20-15+. The number of aromatic hydroxyl groups is 4. The molecule has 12 heterocycles. The number of nitrogens with one attached hydrogen (secondary N) is 3. The number of phenolic OH excluding ortho intramolecular Hbond substituents is 4. The SMILES string of the molecule is C(=N\Nc1cc(N2CCOCC2)nc(N2CCOCC2)n1)/c1ccccc1.O=C(CNc1cc(N2CCOCC2)nc(N2CCOCC2)n1)c1ccccc1O.Oc1ccc(/C=N/Nc2cc(N3CCOCC3)nc(N3CCOCC3)n2)c(O)c1.Oc1ccccc1CCOc1cc(N2CCOCC2)nc(N2CCOCC2)n1. The van der Waals surface area contributed by atoms with Crippen molar-refractivity contribution in [1.29, 1.82) is 0 Å². The van der Waals surface area contributed by atoms with Gasteiger partial charge < -0.3 is 108 Å². The molecule has 7 N–H and O–H groups in total. The zero-order valence-electron chi connectivity index (χ0n) is 63.4. The topological polar surface area (TPSA) is 371 Å². The van der Waals surface area contributed by atoms with E-state index in [-0.39, 0.29) is 40.9 Å². The van der Waals surface area contributed by atoms with Crippen LogP contribution in [-0.4, -0.2) is 302 Å². The highest BCUT2D eigenvalue weighted by atomic mass is 16.5. The van der Waals surface area contributed by atoms with Crippen LogP contribution >= 0.6 is 0 Å². The van der Waals surface area contributed by atoms with Crippen LogP contribution in [0.4, 0.5) is 64.5 Å². The van der Waals surface area contributed by atoms with Gasteiger partial charge in [0, 0.05) is 147 Å². The highest BCUT2D eigenvalue weighted by molar-refractivity contribution is 6.01. The summed E-state index contributed by atoms with van der Waals surface area (Å²) in [4.78, 5) is 67.2. The Hall–Kier alpha value is -11.3. The van der Waals surface area contributed by atoms with Gasteiger partial charge in [-0.05, 0) is 41.5 Å². The van der Waals surface area contributed by atoms with Crippen LogP contribution in [0.3, 0.4) is 0 Å². The number of morpholine rings is 8. The Bertz CT molecular complexity index is 4200. The van der Waals surface area contributed by atoms with E-state index in [0.717, 1.165) is 139 Å². The molecule has 8 saturated heterocycles. The Balaban J connectivity index is 0.000000132. The Morgan fingerprint density at radius 2 is 0.752 bits per heavy atom. The molecule has 0 radical (unpaired) electrons. The van der Waals surface area contributed by atoms with Gasteiger partial charge in [-0.3, -0.25) is 15.6 Å². The summed E-state index contributed by atoms with van der Waals surface area (Å²) >= 11 is 0. The van der Waals surface area contributed by atoms with E-state index in [1.807, 2.05) is 72.8 Å². The number of Topliss-reactive ketones (excluding diaryl/α,β-unsaturated/α-hetero) is 1. The smallest absolute Gasteiger partial charge is 0.230 e. The maximum Gasteiger partial charge on any atom is 0.230 e. The number of hydrazone groups is 2. The summed E-state index contributed by atoms with van der Waals surface area (Å²) in [5, 5.41) is 50.7. The van der Waals surface area contributed by atoms with E-state index in [4.69, 9.17) is 62.6 Å². The van der Waals surface area contributed by atoms with Crippen molar-refractivity contribution in [3.63, 3.8) is 0 Å². The minimum Gasteiger partial charge on any atom is -0.508 e. The van der Waals surface area contributed by atoms with Crippen molar-refractivity contribution < 1.29 is 67.9 Å². The van der Waals surface area contributed by atoms with Gasteiger partial charge in [-0.25, -0.2) is 0 Å². The van der Waals surface area contributed by atoms with E-state index in [2.05, 4.69) is 85.5 Å². The Morgan fingerprint density at radius 3 is 1.19 bits per heavy atom. The molecule has 0 spiro atoms. The van der Waals surface area contributed by atoms with Crippen LogP contribution in [0.2, 0.25) is 0 Å². The third-order valence-corrected chi connectivity index (χ3v) is 19.1. The average Bonchev–Trinajstić information content (AvgIpc) is 0.828. The summed E-state index contributed by atoms with van der Waals surface area (Å²) < 4.78 is 49.5. The molecule has 8 aliphatic rings. The molecule has 35 heteroatoms. The van der Waals surface area contributed by atoms with Gasteiger partial charge in [-0.15, -0.1) is 0 Å². The number of carbonyl (C=O) groups excluding carboxylic acids is 1. The summed E-state index contributed by atoms with van der Waals surface area (Å²) in [6.07, 6.45) is 3.86. The Kier molecular flexibility index (Phi) is 29.5. The number of phenols is 4. The molecular weight excluding hydrogens is 1450 g/mol. The van der Waals surface area contributed by atoms with Crippen LogP contribution < -0.4 is 60.1 Å². The van der Waals surface area contributed by atoms with Gasteiger partial charge in [0.1, 0.15) is 52.1 Å². The monoisotopic (exact) mass is 1550 g/mol. The summed E-state index contributed by atoms with van der Waals surface area (Å²) in [5.74, 6) is 8.36. The highest BCUT2D eigenvalue weighted by Crippen LogP contribution is 2.30. The average molecular weight is 1550 g/mol. The predicted octanol–water partition coefficient (Wildman–Crippen LogP) is 5.23. The summed E-state index contributed by atoms with van der Waals surface area (Å²) in [6, 6.07) is 35.7. The number of benzene rings is 4. The van der Waals surface area contributed by atoms with Crippen LogP contribution in [0.15, 0.2) is 132 Å². The van der Waals surface area contributed by atoms with Gasteiger partial charge in [-0.2, -0.15) is 50.1 Å². The van der Waals surface area contributed by atoms with Crippen LogP contribution in [-0.2, 0) is 44.3 Å². The molecule has 8 fully saturated rings. The number of anilines is 11. The molecule has 0 atom stereocenters. The molecule has 0 aliphatic carbocycles. The van der Waals surface area contributed by atoms with Crippen molar-refractivity contribution in [2.45, 2.75) is 6.42 Å². The number of rotatable bonds is 22. The second-order valence-electron chi connectivity index (χ2n) is 26.8. The fraction of sp³-hybridized carbons (Fsp3) is 0.449. The largest absolute Gasteiger partial charge is 0.508 e. The summed E-state index contributed by atoms with van der Waals surface area (Å²) in [7, 11) is 0. The highest BCUT2D eigenvalue weighted by Gasteiger charge is 2.26. The molecule has 0 amide bonds. The molecule has 8 aliphatic heterocycles. The zero-order chi connectivity index (χ0) is 77.6. The number of para-hydroxylation sites is 2. The molecule has 35 nitrogen and oxygen atoms in total. The van der Waals surface area contributed by atoms with Gasteiger partial charge in [0.15, 0.2) is 17.4 Å². The number of ether oxygens (including phenoxy) is 9. The Morgan fingerprint density at radius 1 is 0.381 bits per heavy atom. The molecular formula is C78H99N21O14. The first-order valence-corrected chi connectivity index (χ1v) is 38.4. The van der Waals surface area contributed by atoms with Crippen molar-refractivity contribution in [2.24, 2.45) is 10.2 Å². The quantitative estimate of drug-likeness (QED) is 0.0259. The fourth-order valence-corrected chi connectivity index (χ4v) is 12.9. The lowest BCUT2D eigenvalue weighted by molar-refractivity contribution is 0.100. The second kappa shape index (κ2) is 41.8. The van der Waals surface area contributed by atoms with E-state index in [1.165, 1.54) is 24.4 Å². The number of hydrogen-bond acceptors (Lipinski definition) is 35. The van der Waals surface area contributed by atoms with Crippen molar-refractivity contribution in [2.75, 3.05) is 279 Å². The first-order chi connectivity index (χ1) is 55.6. The first-order valence-electron chi connectivity index (χ1n) is 38.4. The number of ketones is 1. The number of nitrogens with zero attached hydrogens (tertiary/aromatic N) is 18. The van der Waals surface area contributed by atoms with Gasteiger partial charge in [-0.1, -0.05) is 60.7 Å². The number of carbonyl (C=O) groups is 1. The lowest BCUT2D eigenvalue weighted by Gasteiger charge is -2.31. The summed E-state index contributed by atoms with van der Waals surface area (Å²) in [6.45, 7) is 23.6. The van der Waals surface area contributed by atoms with Crippen LogP contribution in [0.1, 0.15) is 27.0 Å². The molecule has 4 aromatic carbocycles. The number of aromatic nitrogens is 8. The second-order valence-corrected chi connectivity index (χ2v) is 26.8. The zero-order valence-corrected chi connectivity index (χ0v) is 63.4. The van der Waals surface area contributed by atoms with Gasteiger partial charge >= 0.3 is 0 Å². The van der Waals surface area contributed by atoms with E-state index in [1.54, 1.807) is 36.5 Å². The minimum atomic E-state index is -0.206. The maximum atomic E-state index is 12.5. The molecule has 0 bridgehead atoms. The lowest BCUT2D eigenvalue weighted by atomic mass is 10.1.